The SMILES string of the molecule is O=C(O)CCc1ccccc1CN1CCOCC1. The summed E-state index contributed by atoms with van der Waals surface area (Å²) in [4.78, 5) is 13.0. The molecule has 0 bridgehead atoms. The van der Waals surface area contributed by atoms with E-state index in [9.17, 15) is 4.79 Å². The zero-order valence-electron chi connectivity index (χ0n) is 10.5. The summed E-state index contributed by atoms with van der Waals surface area (Å²) in [7, 11) is 0. The van der Waals surface area contributed by atoms with Gasteiger partial charge in [-0.25, -0.2) is 0 Å². The molecule has 1 fully saturated rings. The van der Waals surface area contributed by atoms with E-state index >= 15 is 0 Å². The Morgan fingerprint density at radius 1 is 1.22 bits per heavy atom. The lowest BCUT2D eigenvalue weighted by Crippen LogP contribution is -2.35. The normalized spacial score (nSPS) is 16.7. The topological polar surface area (TPSA) is 49.8 Å². The molecule has 1 aliphatic heterocycles. The fourth-order valence-corrected chi connectivity index (χ4v) is 2.20. The van der Waals surface area contributed by atoms with E-state index in [1.165, 1.54) is 5.56 Å². The van der Waals surface area contributed by atoms with Gasteiger partial charge in [0.1, 0.15) is 0 Å². The van der Waals surface area contributed by atoms with Crippen molar-refractivity contribution >= 4 is 5.97 Å². The summed E-state index contributed by atoms with van der Waals surface area (Å²) < 4.78 is 5.33. The van der Waals surface area contributed by atoms with Crippen LogP contribution < -0.4 is 0 Å². The Morgan fingerprint density at radius 2 is 1.89 bits per heavy atom. The number of ether oxygens (including phenoxy) is 1. The highest BCUT2D eigenvalue weighted by Crippen LogP contribution is 2.14. The molecule has 2 rings (SSSR count). The van der Waals surface area contributed by atoms with Gasteiger partial charge in [-0.3, -0.25) is 9.69 Å². The first-order valence-electron chi connectivity index (χ1n) is 6.34. The lowest BCUT2D eigenvalue weighted by atomic mass is 10.0. The van der Waals surface area contributed by atoms with Gasteiger partial charge < -0.3 is 9.84 Å². The first-order valence-corrected chi connectivity index (χ1v) is 6.34. The van der Waals surface area contributed by atoms with Gasteiger partial charge in [0.2, 0.25) is 0 Å². The molecule has 0 atom stereocenters. The van der Waals surface area contributed by atoms with Crippen molar-refractivity contribution in [2.75, 3.05) is 26.3 Å². The number of rotatable bonds is 5. The van der Waals surface area contributed by atoms with Crippen molar-refractivity contribution in [3.8, 4) is 0 Å². The third kappa shape index (κ3) is 3.82. The van der Waals surface area contributed by atoms with Crippen LogP contribution in [0.25, 0.3) is 0 Å². The molecule has 1 saturated heterocycles. The van der Waals surface area contributed by atoms with Gasteiger partial charge in [0.05, 0.1) is 13.2 Å². The van der Waals surface area contributed by atoms with Crippen LogP contribution in [-0.2, 0) is 22.5 Å². The maximum absolute atomic E-state index is 10.6. The lowest BCUT2D eigenvalue weighted by Gasteiger charge is -2.27. The van der Waals surface area contributed by atoms with Gasteiger partial charge in [0.25, 0.3) is 0 Å². The molecule has 0 aromatic heterocycles. The highest BCUT2D eigenvalue weighted by molar-refractivity contribution is 5.67. The zero-order valence-corrected chi connectivity index (χ0v) is 10.5. The molecule has 4 heteroatoms. The summed E-state index contributed by atoms with van der Waals surface area (Å²) in [6, 6.07) is 8.10. The summed E-state index contributed by atoms with van der Waals surface area (Å²) in [6.07, 6.45) is 0.802. The number of benzene rings is 1. The second kappa shape index (κ2) is 6.52. The number of carboxylic acids is 1. The third-order valence-corrected chi connectivity index (χ3v) is 3.22. The molecule has 18 heavy (non-hydrogen) atoms. The van der Waals surface area contributed by atoms with Crippen LogP contribution in [0.2, 0.25) is 0 Å². The van der Waals surface area contributed by atoms with Crippen molar-refractivity contribution in [3.63, 3.8) is 0 Å². The van der Waals surface area contributed by atoms with Crippen molar-refractivity contribution in [1.29, 1.82) is 0 Å². The molecule has 0 saturated carbocycles. The van der Waals surface area contributed by atoms with E-state index < -0.39 is 5.97 Å². The minimum Gasteiger partial charge on any atom is -0.481 e. The lowest BCUT2D eigenvalue weighted by molar-refractivity contribution is -0.136. The van der Waals surface area contributed by atoms with E-state index in [0.717, 1.165) is 38.4 Å². The van der Waals surface area contributed by atoms with E-state index in [4.69, 9.17) is 9.84 Å². The Labute approximate surface area is 107 Å². The molecule has 4 nitrogen and oxygen atoms in total. The van der Waals surface area contributed by atoms with E-state index in [1.807, 2.05) is 18.2 Å². The van der Waals surface area contributed by atoms with E-state index in [2.05, 4.69) is 11.0 Å². The summed E-state index contributed by atoms with van der Waals surface area (Å²) in [5, 5.41) is 8.76. The Kier molecular flexibility index (Phi) is 4.73. The molecule has 0 unspecified atom stereocenters. The first kappa shape index (κ1) is 13.1. The summed E-state index contributed by atoms with van der Waals surface area (Å²) in [5.74, 6) is -0.740. The number of hydrogen-bond acceptors (Lipinski definition) is 3. The zero-order chi connectivity index (χ0) is 12.8. The van der Waals surface area contributed by atoms with Gasteiger partial charge in [-0.2, -0.15) is 0 Å². The summed E-state index contributed by atoms with van der Waals surface area (Å²) in [5.41, 5.74) is 2.38. The van der Waals surface area contributed by atoms with Crippen molar-refractivity contribution < 1.29 is 14.6 Å². The number of nitrogens with zero attached hydrogens (tertiary/aromatic N) is 1. The Balaban J connectivity index is 1.99. The van der Waals surface area contributed by atoms with Crippen molar-refractivity contribution in [2.45, 2.75) is 19.4 Å². The number of carboxylic acid groups (broad SMARTS) is 1. The van der Waals surface area contributed by atoms with Gasteiger partial charge in [-0.05, 0) is 17.5 Å². The Morgan fingerprint density at radius 3 is 2.56 bits per heavy atom. The predicted molar refractivity (Wildman–Crippen MR) is 68.5 cm³/mol. The number of aliphatic carboxylic acids is 1. The van der Waals surface area contributed by atoms with Gasteiger partial charge in [-0.15, -0.1) is 0 Å². The third-order valence-electron chi connectivity index (χ3n) is 3.22. The van der Waals surface area contributed by atoms with Gasteiger partial charge in [0, 0.05) is 26.1 Å². The van der Waals surface area contributed by atoms with Crippen LogP contribution in [0.1, 0.15) is 17.5 Å². The molecule has 0 amide bonds. The predicted octanol–water partition coefficient (Wildman–Crippen LogP) is 1.54. The number of hydrogen-bond donors (Lipinski definition) is 1. The van der Waals surface area contributed by atoms with E-state index in [0.29, 0.717) is 6.42 Å². The van der Waals surface area contributed by atoms with Crippen molar-refractivity contribution in [3.05, 3.63) is 35.4 Å². The molecule has 1 aromatic carbocycles. The fraction of sp³-hybridized carbons (Fsp3) is 0.500. The molecule has 1 N–H and O–H groups in total. The minimum atomic E-state index is -0.740. The molecule has 1 heterocycles. The van der Waals surface area contributed by atoms with Gasteiger partial charge in [-0.1, -0.05) is 24.3 Å². The Hall–Kier alpha value is -1.39. The highest BCUT2D eigenvalue weighted by Gasteiger charge is 2.12. The van der Waals surface area contributed by atoms with Crippen molar-refractivity contribution in [1.82, 2.24) is 4.90 Å². The van der Waals surface area contributed by atoms with Crippen molar-refractivity contribution in [2.24, 2.45) is 0 Å². The molecular formula is C14H19NO3. The van der Waals surface area contributed by atoms with Crippen LogP contribution in [0.4, 0.5) is 0 Å². The maximum atomic E-state index is 10.6. The molecule has 0 aliphatic carbocycles. The largest absolute Gasteiger partial charge is 0.481 e. The summed E-state index contributed by atoms with van der Waals surface area (Å²) in [6.45, 7) is 4.37. The molecule has 98 valence electrons. The summed E-state index contributed by atoms with van der Waals surface area (Å²) >= 11 is 0. The second-order valence-corrected chi connectivity index (χ2v) is 4.55. The molecule has 1 aliphatic rings. The number of carbonyl (C=O) groups is 1. The monoisotopic (exact) mass is 249 g/mol. The van der Waals surface area contributed by atoms with Crippen LogP contribution in [-0.4, -0.2) is 42.3 Å². The molecule has 0 spiro atoms. The smallest absolute Gasteiger partial charge is 0.303 e. The van der Waals surface area contributed by atoms with Crippen LogP contribution >= 0.6 is 0 Å². The average molecular weight is 249 g/mol. The van der Waals surface area contributed by atoms with Crippen LogP contribution in [0.15, 0.2) is 24.3 Å². The first-order chi connectivity index (χ1) is 8.75. The number of morpholine rings is 1. The van der Waals surface area contributed by atoms with E-state index in [1.54, 1.807) is 0 Å². The highest BCUT2D eigenvalue weighted by atomic mass is 16.5. The standard InChI is InChI=1S/C14H19NO3/c16-14(17)6-5-12-3-1-2-4-13(12)11-15-7-9-18-10-8-15/h1-4H,5-11H2,(H,16,17). The fourth-order valence-electron chi connectivity index (χ4n) is 2.20. The second-order valence-electron chi connectivity index (χ2n) is 4.55. The maximum Gasteiger partial charge on any atom is 0.303 e. The molecule has 0 radical (unpaired) electrons. The number of aryl methyl sites for hydroxylation is 1. The minimum absolute atomic E-state index is 0.195. The average Bonchev–Trinajstić information content (AvgIpc) is 2.39. The quantitative estimate of drug-likeness (QED) is 0.860. The molecular weight excluding hydrogens is 230 g/mol. The van der Waals surface area contributed by atoms with Crippen LogP contribution in [0.3, 0.4) is 0 Å². The molecule has 1 aromatic rings. The van der Waals surface area contributed by atoms with Crippen LogP contribution in [0.5, 0.6) is 0 Å². The van der Waals surface area contributed by atoms with Crippen LogP contribution in [0, 0.1) is 0 Å². The van der Waals surface area contributed by atoms with Gasteiger partial charge in [0.15, 0.2) is 0 Å². The Bertz CT molecular complexity index is 400. The van der Waals surface area contributed by atoms with E-state index in [-0.39, 0.29) is 6.42 Å². The van der Waals surface area contributed by atoms with Gasteiger partial charge >= 0.3 is 5.97 Å².